The molecule has 1 aromatic heterocycles. The first kappa shape index (κ1) is 30.1. The zero-order valence-corrected chi connectivity index (χ0v) is 26.6. The second-order valence-corrected chi connectivity index (χ2v) is 17.4. The predicted molar refractivity (Wildman–Crippen MR) is 164 cm³/mol. The van der Waals surface area contributed by atoms with Crippen molar-refractivity contribution in [2.75, 3.05) is 13.2 Å². The summed E-state index contributed by atoms with van der Waals surface area (Å²) in [6.07, 6.45) is -0.284. The summed E-state index contributed by atoms with van der Waals surface area (Å²) in [6, 6.07) is 21.0. The monoisotopic (exact) mass is 607 g/mol. The van der Waals surface area contributed by atoms with Crippen molar-refractivity contribution in [3.63, 3.8) is 0 Å². The van der Waals surface area contributed by atoms with Gasteiger partial charge in [-0.25, -0.2) is 4.79 Å². The van der Waals surface area contributed by atoms with Gasteiger partial charge in [0.15, 0.2) is 18.2 Å². The third-order valence-electron chi connectivity index (χ3n) is 8.60. The molecular weight excluding hydrogens is 566 g/mol. The van der Waals surface area contributed by atoms with Crippen LogP contribution in [0.1, 0.15) is 52.8 Å². The molecule has 0 bridgehead atoms. The minimum atomic E-state index is -2.81. The van der Waals surface area contributed by atoms with Gasteiger partial charge in [-0.2, -0.15) is 5.06 Å². The van der Waals surface area contributed by atoms with Gasteiger partial charge in [-0.1, -0.05) is 81.4 Å². The summed E-state index contributed by atoms with van der Waals surface area (Å²) in [6.45, 7) is 13.0. The molecule has 0 amide bonds. The molecule has 3 saturated heterocycles. The van der Waals surface area contributed by atoms with Gasteiger partial charge in [0.05, 0.1) is 6.61 Å². The highest BCUT2D eigenvalue weighted by molar-refractivity contribution is 6.99. The van der Waals surface area contributed by atoms with E-state index in [1.165, 1.54) is 21.1 Å². The third-order valence-corrected chi connectivity index (χ3v) is 13.6. The fourth-order valence-electron chi connectivity index (χ4n) is 6.67. The lowest BCUT2D eigenvalue weighted by Crippen LogP contribution is -2.67. The molecule has 230 valence electrons. The Kier molecular flexibility index (Phi) is 7.87. The van der Waals surface area contributed by atoms with E-state index in [1.54, 1.807) is 12.0 Å². The van der Waals surface area contributed by atoms with Gasteiger partial charge < -0.3 is 18.6 Å². The van der Waals surface area contributed by atoms with Crippen LogP contribution < -0.4 is 21.6 Å². The molecule has 3 fully saturated rings. The van der Waals surface area contributed by atoms with Crippen LogP contribution in [0, 0.1) is 6.92 Å². The Bertz CT molecular complexity index is 1510. The number of hydroxylamine groups is 2. The Morgan fingerprint density at radius 2 is 1.58 bits per heavy atom. The third kappa shape index (κ3) is 5.48. The number of nitrogens with one attached hydrogen (secondary N) is 1. The quantitative estimate of drug-likeness (QED) is 0.409. The van der Waals surface area contributed by atoms with Crippen LogP contribution in [0.25, 0.3) is 0 Å². The van der Waals surface area contributed by atoms with E-state index in [9.17, 15) is 9.59 Å². The predicted octanol–water partition coefficient (Wildman–Crippen LogP) is 2.80. The van der Waals surface area contributed by atoms with Crippen molar-refractivity contribution in [2.45, 2.75) is 89.6 Å². The van der Waals surface area contributed by atoms with Gasteiger partial charge in [0.25, 0.3) is 13.9 Å². The van der Waals surface area contributed by atoms with E-state index in [2.05, 4.69) is 74.3 Å². The van der Waals surface area contributed by atoms with Crippen LogP contribution in [0.2, 0.25) is 5.04 Å². The molecular formula is C32H41N3O7Si. The van der Waals surface area contributed by atoms with Crippen LogP contribution in [0.15, 0.2) is 76.4 Å². The molecule has 1 N–H and O–H groups in total. The van der Waals surface area contributed by atoms with Crippen LogP contribution >= 0.6 is 0 Å². The van der Waals surface area contributed by atoms with E-state index in [-0.39, 0.29) is 11.1 Å². The molecule has 6 rings (SSSR count). The summed E-state index contributed by atoms with van der Waals surface area (Å²) in [4.78, 5) is 33.0. The number of H-pyrrole nitrogens is 1. The number of hydrogen-bond donors (Lipinski definition) is 1. The molecule has 10 nitrogen and oxygen atoms in total. The number of aryl methyl sites for hydroxylation is 1. The van der Waals surface area contributed by atoms with Gasteiger partial charge in [0.2, 0.25) is 0 Å². The molecule has 3 aliphatic heterocycles. The summed E-state index contributed by atoms with van der Waals surface area (Å²) in [7, 11) is -2.81. The Morgan fingerprint density at radius 3 is 2.19 bits per heavy atom. The van der Waals surface area contributed by atoms with Crippen molar-refractivity contribution in [2.24, 2.45) is 0 Å². The summed E-state index contributed by atoms with van der Waals surface area (Å²) in [5, 5.41) is 3.93. The summed E-state index contributed by atoms with van der Waals surface area (Å²) >= 11 is 0. The number of rotatable bonds is 7. The average molecular weight is 608 g/mol. The number of ether oxygens (including phenoxy) is 3. The molecule has 3 aliphatic rings. The molecule has 43 heavy (non-hydrogen) atoms. The van der Waals surface area contributed by atoms with Crippen molar-refractivity contribution < 1.29 is 23.5 Å². The number of hydrogen-bond acceptors (Lipinski definition) is 8. The highest BCUT2D eigenvalue weighted by Crippen LogP contribution is 2.43. The first-order valence-corrected chi connectivity index (χ1v) is 16.8. The average Bonchev–Trinajstić information content (AvgIpc) is 3.65. The van der Waals surface area contributed by atoms with Crippen molar-refractivity contribution >= 4 is 18.7 Å². The van der Waals surface area contributed by atoms with Crippen LogP contribution in [0.3, 0.4) is 0 Å². The number of nitrogens with zero attached hydrogens (tertiary/aromatic N) is 2. The summed E-state index contributed by atoms with van der Waals surface area (Å²) in [5.74, 6) is -0.806. The van der Waals surface area contributed by atoms with Crippen molar-refractivity contribution in [1.29, 1.82) is 0 Å². The maximum Gasteiger partial charge on any atom is 0.330 e. The van der Waals surface area contributed by atoms with Crippen LogP contribution in [0.4, 0.5) is 0 Å². The zero-order valence-electron chi connectivity index (χ0n) is 25.6. The lowest BCUT2D eigenvalue weighted by Gasteiger charge is -2.43. The SMILES string of the molecule is Cc1cn([C@H]2CCN([C@@H]3O[C@H](CO[Si](c4ccccc4)(c4ccccc4)C(C)(C)C)[C@H]4OC(C)(C)O[C@H]43)O2)c(=O)[nH]c1=O. The minimum absolute atomic E-state index is 0.188. The summed E-state index contributed by atoms with van der Waals surface area (Å²) in [5.41, 5.74) is -0.472. The molecule has 0 spiro atoms. The topological polar surface area (TPSA) is 104 Å². The number of aromatic amines is 1. The van der Waals surface area contributed by atoms with Crippen molar-refractivity contribution in [1.82, 2.24) is 14.6 Å². The first-order valence-electron chi connectivity index (χ1n) is 14.9. The first-order chi connectivity index (χ1) is 20.4. The molecule has 3 aromatic rings. The Labute approximate surface area is 252 Å². The standard InChI is InChI=1S/C32H41N3O7Si/c1-21-19-34(30(37)33-28(21)36)25-17-18-35(42-25)29-27-26(40-32(5,6)41-27)24(39-29)20-38-43(31(2,3)4,22-13-9-7-10-14-22)23-15-11-8-12-16-23/h7-16,19,24-27,29H,17-18,20H2,1-6H3,(H,33,36,37)/t24-,25-,26-,27-,29-/m1/s1. The van der Waals surface area contributed by atoms with Crippen molar-refractivity contribution in [3.05, 3.63) is 93.3 Å². The number of fused-ring (bicyclic) bond motifs is 1. The van der Waals surface area contributed by atoms with Crippen LogP contribution in [-0.2, 0) is 23.5 Å². The Hall–Kier alpha value is -2.90. The molecule has 0 saturated carbocycles. The lowest BCUT2D eigenvalue weighted by atomic mass is 10.1. The maximum absolute atomic E-state index is 12.5. The van der Waals surface area contributed by atoms with Gasteiger partial charge in [-0.15, -0.1) is 0 Å². The lowest BCUT2D eigenvalue weighted by molar-refractivity contribution is -0.284. The van der Waals surface area contributed by atoms with Gasteiger partial charge >= 0.3 is 5.69 Å². The van der Waals surface area contributed by atoms with Crippen LogP contribution in [-0.4, -0.2) is 66.4 Å². The zero-order chi connectivity index (χ0) is 30.6. The smallest absolute Gasteiger partial charge is 0.330 e. The minimum Gasteiger partial charge on any atom is -0.405 e. The number of benzene rings is 2. The molecule has 5 atom stereocenters. The molecule has 0 aliphatic carbocycles. The van der Waals surface area contributed by atoms with E-state index < -0.39 is 50.0 Å². The largest absolute Gasteiger partial charge is 0.405 e. The maximum atomic E-state index is 12.5. The van der Waals surface area contributed by atoms with Gasteiger partial charge in [0.1, 0.15) is 18.3 Å². The molecule has 0 unspecified atom stereocenters. The Morgan fingerprint density at radius 1 is 0.977 bits per heavy atom. The van der Waals surface area contributed by atoms with E-state index in [0.29, 0.717) is 25.1 Å². The van der Waals surface area contributed by atoms with E-state index in [1.807, 2.05) is 26.0 Å². The second-order valence-electron chi connectivity index (χ2n) is 13.1. The molecule has 2 aromatic carbocycles. The van der Waals surface area contributed by atoms with Gasteiger partial charge in [-0.05, 0) is 36.2 Å². The fraction of sp³-hybridized carbons (Fsp3) is 0.500. The van der Waals surface area contributed by atoms with Crippen molar-refractivity contribution in [3.8, 4) is 0 Å². The highest BCUT2D eigenvalue weighted by atomic mass is 28.4. The van der Waals surface area contributed by atoms with E-state index in [0.717, 1.165) is 0 Å². The molecule has 11 heteroatoms. The fourth-order valence-corrected chi connectivity index (χ4v) is 11.2. The highest BCUT2D eigenvalue weighted by Gasteiger charge is 2.59. The second kappa shape index (κ2) is 11.2. The normalized spacial score (nSPS) is 27.4. The molecule has 0 radical (unpaired) electrons. The number of aromatic nitrogens is 2. The van der Waals surface area contributed by atoms with Gasteiger partial charge in [-0.3, -0.25) is 19.2 Å². The van der Waals surface area contributed by atoms with Gasteiger partial charge in [0, 0.05) is 24.7 Å². The Balaban J connectivity index is 1.28. The van der Waals surface area contributed by atoms with E-state index >= 15 is 0 Å². The van der Waals surface area contributed by atoms with E-state index in [4.69, 9.17) is 23.5 Å². The van der Waals surface area contributed by atoms with Crippen LogP contribution in [0.5, 0.6) is 0 Å². The molecule has 4 heterocycles. The summed E-state index contributed by atoms with van der Waals surface area (Å²) < 4.78 is 28.0.